The predicted molar refractivity (Wildman–Crippen MR) is 91.3 cm³/mol. The number of rotatable bonds is 3. The highest BCUT2D eigenvalue weighted by Gasteiger charge is 2.35. The molecule has 0 spiro atoms. The lowest BCUT2D eigenvalue weighted by Gasteiger charge is -2.35. The Labute approximate surface area is 149 Å². The van der Waals surface area contributed by atoms with Crippen LogP contribution in [-0.2, 0) is 10.2 Å². The molecule has 132 valence electrons. The Morgan fingerprint density at radius 3 is 2.21 bits per heavy atom. The van der Waals surface area contributed by atoms with E-state index in [0.29, 0.717) is 30.7 Å². The molecule has 1 aromatic carbocycles. The van der Waals surface area contributed by atoms with Crippen LogP contribution in [0.25, 0.3) is 0 Å². The summed E-state index contributed by atoms with van der Waals surface area (Å²) >= 11 is 3.26. The van der Waals surface area contributed by atoms with Gasteiger partial charge in [0.1, 0.15) is 5.82 Å². The van der Waals surface area contributed by atoms with Gasteiger partial charge < -0.3 is 4.90 Å². The number of piperazine rings is 1. The molecule has 0 bridgehead atoms. The molecule has 3 rings (SSSR count). The molecule has 6 nitrogen and oxygen atoms in total. The maximum absolute atomic E-state index is 13.4. The van der Waals surface area contributed by atoms with E-state index < -0.39 is 16.0 Å². The first-order valence-electron chi connectivity index (χ1n) is 7.89. The first-order chi connectivity index (χ1) is 11.4. The molecule has 0 N–H and O–H groups in total. The minimum Gasteiger partial charge on any atom is -0.336 e. The van der Waals surface area contributed by atoms with Gasteiger partial charge in [-0.25, -0.2) is 4.39 Å². The quantitative estimate of drug-likeness (QED) is 0.748. The van der Waals surface area contributed by atoms with Crippen LogP contribution >= 0.6 is 15.9 Å². The molecule has 2 saturated heterocycles. The molecule has 2 heterocycles. The second-order valence-electron chi connectivity index (χ2n) is 5.93. The number of hydrogen-bond donors (Lipinski definition) is 0. The van der Waals surface area contributed by atoms with Crippen LogP contribution in [0, 0.1) is 5.82 Å². The van der Waals surface area contributed by atoms with Gasteiger partial charge >= 0.3 is 0 Å². The zero-order valence-electron chi connectivity index (χ0n) is 13.1. The van der Waals surface area contributed by atoms with Crippen molar-refractivity contribution in [3.05, 3.63) is 34.1 Å². The van der Waals surface area contributed by atoms with E-state index in [2.05, 4.69) is 15.9 Å². The summed E-state index contributed by atoms with van der Waals surface area (Å²) in [6, 6.07) is 3.97. The number of carbonyl (C=O) groups excluding carboxylic acids is 1. The Balaban J connectivity index is 1.66. The van der Waals surface area contributed by atoms with Gasteiger partial charge in [0.05, 0.1) is 5.56 Å². The SMILES string of the molecule is O=C(c1cc(F)ccc1Br)N1CCN(S(=O)(=O)N2CCCC2)CC1. The van der Waals surface area contributed by atoms with Gasteiger partial charge in [0, 0.05) is 43.7 Å². The molecule has 1 aromatic rings. The van der Waals surface area contributed by atoms with E-state index in [0.717, 1.165) is 12.8 Å². The summed E-state index contributed by atoms with van der Waals surface area (Å²) < 4.78 is 41.9. The smallest absolute Gasteiger partial charge is 0.282 e. The molecule has 9 heteroatoms. The maximum Gasteiger partial charge on any atom is 0.282 e. The molecule has 2 fully saturated rings. The lowest BCUT2D eigenvalue weighted by Crippen LogP contribution is -2.53. The van der Waals surface area contributed by atoms with E-state index in [4.69, 9.17) is 0 Å². The number of amides is 1. The summed E-state index contributed by atoms with van der Waals surface area (Å²) in [4.78, 5) is 14.1. The summed E-state index contributed by atoms with van der Waals surface area (Å²) in [6.45, 7) is 2.26. The zero-order valence-corrected chi connectivity index (χ0v) is 15.5. The van der Waals surface area contributed by atoms with Gasteiger partial charge in [-0.05, 0) is 47.0 Å². The Morgan fingerprint density at radius 2 is 1.58 bits per heavy atom. The molecular formula is C15H19BrFN3O3S. The van der Waals surface area contributed by atoms with Gasteiger partial charge in [-0.2, -0.15) is 17.0 Å². The molecule has 0 aliphatic carbocycles. The summed E-state index contributed by atoms with van der Waals surface area (Å²) in [5, 5.41) is 0. The van der Waals surface area contributed by atoms with Crippen molar-refractivity contribution in [1.82, 2.24) is 13.5 Å². The third kappa shape index (κ3) is 3.49. The summed E-state index contributed by atoms with van der Waals surface area (Å²) in [5.74, 6) is -0.767. The highest BCUT2D eigenvalue weighted by Crippen LogP contribution is 2.22. The number of benzene rings is 1. The largest absolute Gasteiger partial charge is 0.336 e. The highest BCUT2D eigenvalue weighted by atomic mass is 79.9. The molecule has 2 aliphatic rings. The average Bonchev–Trinajstić information content (AvgIpc) is 3.12. The van der Waals surface area contributed by atoms with E-state index in [1.165, 1.54) is 26.8 Å². The van der Waals surface area contributed by atoms with E-state index in [-0.39, 0.29) is 24.6 Å². The lowest BCUT2D eigenvalue weighted by molar-refractivity contribution is 0.0693. The van der Waals surface area contributed by atoms with Crippen molar-refractivity contribution in [2.75, 3.05) is 39.3 Å². The minimum atomic E-state index is -3.43. The third-order valence-electron chi connectivity index (χ3n) is 4.40. The van der Waals surface area contributed by atoms with Gasteiger partial charge in [0.25, 0.3) is 16.1 Å². The van der Waals surface area contributed by atoms with Crippen LogP contribution in [0.2, 0.25) is 0 Å². The van der Waals surface area contributed by atoms with Crippen LogP contribution in [0.3, 0.4) is 0 Å². The summed E-state index contributed by atoms with van der Waals surface area (Å²) in [6.07, 6.45) is 1.79. The van der Waals surface area contributed by atoms with Crippen molar-refractivity contribution in [2.45, 2.75) is 12.8 Å². The van der Waals surface area contributed by atoms with Crippen molar-refractivity contribution in [3.63, 3.8) is 0 Å². The molecule has 1 amide bonds. The Kier molecular flexibility index (Phi) is 5.24. The van der Waals surface area contributed by atoms with Crippen LogP contribution in [0.15, 0.2) is 22.7 Å². The lowest BCUT2D eigenvalue weighted by atomic mass is 10.2. The Bertz CT molecular complexity index is 729. The second kappa shape index (κ2) is 7.07. The Morgan fingerprint density at radius 1 is 1.00 bits per heavy atom. The zero-order chi connectivity index (χ0) is 17.3. The van der Waals surface area contributed by atoms with Crippen LogP contribution in [0.1, 0.15) is 23.2 Å². The fourth-order valence-corrected chi connectivity index (χ4v) is 5.12. The number of carbonyl (C=O) groups is 1. The second-order valence-corrected chi connectivity index (χ2v) is 8.71. The van der Waals surface area contributed by atoms with Crippen LogP contribution in [-0.4, -0.2) is 67.1 Å². The highest BCUT2D eigenvalue weighted by molar-refractivity contribution is 9.10. The Hall–Kier alpha value is -1.03. The van der Waals surface area contributed by atoms with Crippen molar-refractivity contribution in [3.8, 4) is 0 Å². The van der Waals surface area contributed by atoms with E-state index >= 15 is 0 Å². The summed E-state index contributed by atoms with van der Waals surface area (Å²) in [5.41, 5.74) is 0.255. The molecule has 24 heavy (non-hydrogen) atoms. The maximum atomic E-state index is 13.4. The first kappa shape index (κ1) is 17.8. The van der Waals surface area contributed by atoms with Crippen molar-refractivity contribution < 1.29 is 17.6 Å². The van der Waals surface area contributed by atoms with Crippen molar-refractivity contribution >= 4 is 32.0 Å². The molecular weight excluding hydrogens is 401 g/mol. The molecule has 0 atom stereocenters. The van der Waals surface area contributed by atoms with Gasteiger partial charge in [-0.1, -0.05) is 0 Å². The molecule has 0 aromatic heterocycles. The van der Waals surface area contributed by atoms with E-state index in [1.807, 2.05) is 0 Å². The average molecular weight is 420 g/mol. The first-order valence-corrected chi connectivity index (χ1v) is 10.1. The monoisotopic (exact) mass is 419 g/mol. The number of halogens is 2. The van der Waals surface area contributed by atoms with Gasteiger partial charge in [-0.15, -0.1) is 0 Å². The molecule has 0 unspecified atom stereocenters. The fraction of sp³-hybridized carbons (Fsp3) is 0.533. The normalized spacial score (nSPS) is 20.5. The number of hydrogen-bond acceptors (Lipinski definition) is 3. The number of nitrogens with zero attached hydrogens (tertiary/aromatic N) is 3. The van der Waals surface area contributed by atoms with Gasteiger partial charge in [-0.3, -0.25) is 4.79 Å². The van der Waals surface area contributed by atoms with E-state index in [9.17, 15) is 17.6 Å². The van der Waals surface area contributed by atoms with Gasteiger partial charge in [0.2, 0.25) is 0 Å². The van der Waals surface area contributed by atoms with Crippen LogP contribution in [0.4, 0.5) is 4.39 Å². The van der Waals surface area contributed by atoms with E-state index in [1.54, 1.807) is 4.90 Å². The van der Waals surface area contributed by atoms with Crippen molar-refractivity contribution in [2.24, 2.45) is 0 Å². The third-order valence-corrected chi connectivity index (χ3v) is 7.13. The van der Waals surface area contributed by atoms with Crippen molar-refractivity contribution in [1.29, 1.82) is 0 Å². The van der Waals surface area contributed by atoms with Crippen LogP contribution in [0.5, 0.6) is 0 Å². The fourth-order valence-electron chi connectivity index (χ4n) is 3.04. The van der Waals surface area contributed by atoms with Gasteiger partial charge in [0.15, 0.2) is 0 Å². The summed E-state index contributed by atoms with van der Waals surface area (Å²) in [7, 11) is -3.43. The molecule has 0 saturated carbocycles. The minimum absolute atomic E-state index is 0.255. The topological polar surface area (TPSA) is 60.9 Å². The standard InChI is InChI=1S/C15H19BrFN3O3S/c16-14-4-3-12(17)11-13(14)15(21)18-7-9-20(10-8-18)24(22,23)19-5-1-2-6-19/h3-4,11H,1-2,5-10H2. The predicted octanol–water partition coefficient (Wildman–Crippen LogP) is 1.69. The molecule has 0 radical (unpaired) electrons. The molecule has 2 aliphatic heterocycles. The van der Waals surface area contributed by atoms with Crippen LogP contribution < -0.4 is 0 Å².